The van der Waals surface area contributed by atoms with E-state index >= 15 is 0 Å². The molecule has 0 aliphatic rings. The van der Waals surface area contributed by atoms with Gasteiger partial charge in [0.25, 0.3) is 0 Å². The fourth-order valence-corrected chi connectivity index (χ4v) is 1.29. The van der Waals surface area contributed by atoms with E-state index < -0.39 is 0 Å². The average molecular weight is 192 g/mol. The molecule has 0 amide bonds. The molecular formula is C9H12N4O. The van der Waals surface area contributed by atoms with Crippen LogP contribution in [0.1, 0.15) is 5.56 Å². The second kappa shape index (κ2) is 3.63. The number of ether oxygens (including phenoxy) is 1. The van der Waals surface area contributed by atoms with Gasteiger partial charge in [-0.25, -0.2) is 4.98 Å². The lowest BCUT2D eigenvalue weighted by atomic mass is 10.3. The molecule has 0 saturated carbocycles. The fourth-order valence-electron chi connectivity index (χ4n) is 1.29. The average Bonchev–Trinajstić information content (AvgIpc) is 2.61. The minimum Gasteiger partial charge on any atom is -0.476 e. The molecule has 74 valence electrons. The molecule has 0 spiro atoms. The van der Waals surface area contributed by atoms with Gasteiger partial charge in [0.05, 0.1) is 0 Å². The SMILES string of the molecule is Cc1cc(OCCN)n2ncnc2c1. The maximum atomic E-state index is 5.44. The zero-order valence-corrected chi connectivity index (χ0v) is 7.97. The van der Waals surface area contributed by atoms with E-state index in [1.165, 1.54) is 6.33 Å². The summed E-state index contributed by atoms with van der Waals surface area (Å²) in [5.74, 6) is 0.683. The molecule has 0 saturated heterocycles. The third-order valence-electron chi connectivity index (χ3n) is 1.86. The highest BCUT2D eigenvalue weighted by atomic mass is 16.5. The van der Waals surface area contributed by atoms with Crippen molar-refractivity contribution in [3.8, 4) is 5.88 Å². The van der Waals surface area contributed by atoms with Crippen LogP contribution in [-0.4, -0.2) is 27.7 Å². The first-order valence-corrected chi connectivity index (χ1v) is 4.44. The summed E-state index contributed by atoms with van der Waals surface area (Å²) >= 11 is 0. The number of nitrogens with zero attached hydrogens (tertiary/aromatic N) is 3. The first kappa shape index (κ1) is 8.96. The van der Waals surface area contributed by atoms with Gasteiger partial charge in [-0.1, -0.05) is 0 Å². The monoisotopic (exact) mass is 192 g/mol. The van der Waals surface area contributed by atoms with Crippen molar-refractivity contribution in [1.29, 1.82) is 0 Å². The number of aromatic nitrogens is 3. The zero-order valence-electron chi connectivity index (χ0n) is 7.97. The van der Waals surface area contributed by atoms with E-state index in [1.807, 2.05) is 19.1 Å². The maximum absolute atomic E-state index is 5.44. The quantitative estimate of drug-likeness (QED) is 0.763. The molecule has 0 aliphatic carbocycles. The summed E-state index contributed by atoms with van der Waals surface area (Å²) in [4.78, 5) is 4.09. The van der Waals surface area contributed by atoms with Gasteiger partial charge in [-0.3, -0.25) is 0 Å². The van der Waals surface area contributed by atoms with E-state index in [4.69, 9.17) is 10.5 Å². The van der Waals surface area contributed by atoms with E-state index in [-0.39, 0.29) is 0 Å². The fraction of sp³-hybridized carbons (Fsp3) is 0.333. The lowest BCUT2D eigenvalue weighted by Crippen LogP contribution is -2.12. The van der Waals surface area contributed by atoms with Gasteiger partial charge in [0.1, 0.15) is 12.9 Å². The predicted molar refractivity (Wildman–Crippen MR) is 52.3 cm³/mol. The molecule has 0 aliphatic heterocycles. The molecule has 5 nitrogen and oxygen atoms in total. The number of nitrogens with two attached hydrogens (primary N) is 1. The minimum absolute atomic E-state index is 0.485. The van der Waals surface area contributed by atoms with Gasteiger partial charge in [-0.2, -0.15) is 9.61 Å². The highest BCUT2D eigenvalue weighted by molar-refractivity contribution is 5.43. The first-order chi connectivity index (χ1) is 6.81. The van der Waals surface area contributed by atoms with Crippen molar-refractivity contribution in [2.75, 3.05) is 13.2 Å². The van der Waals surface area contributed by atoms with E-state index in [2.05, 4.69) is 10.1 Å². The van der Waals surface area contributed by atoms with E-state index in [0.29, 0.717) is 19.0 Å². The van der Waals surface area contributed by atoms with Gasteiger partial charge in [-0.15, -0.1) is 0 Å². The van der Waals surface area contributed by atoms with Crippen molar-refractivity contribution in [3.05, 3.63) is 24.0 Å². The summed E-state index contributed by atoms with van der Waals surface area (Å²) in [6.45, 7) is 2.96. The molecule has 2 heterocycles. The van der Waals surface area contributed by atoms with Crippen molar-refractivity contribution < 1.29 is 4.74 Å². The first-order valence-electron chi connectivity index (χ1n) is 4.44. The van der Waals surface area contributed by atoms with Crippen LogP contribution in [0.15, 0.2) is 18.5 Å². The van der Waals surface area contributed by atoms with Crippen LogP contribution in [0.4, 0.5) is 0 Å². The standard InChI is InChI=1S/C9H12N4O/c1-7-4-8-11-6-12-13(8)9(5-7)14-3-2-10/h4-6H,2-3,10H2,1H3. The summed E-state index contributed by atoms with van der Waals surface area (Å²) in [6, 6.07) is 3.86. The lowest BCUT2D eigenvalue weighted by Gasteiger charge is -2.06. The Morgan fingerprint density at radius 1 is 1.50 bits per heavy atom. The number of pyridine rings is 1. The Morgan fingerprint density at radius 2 is 2.36 bits per heavy atom. The summed E-state index contributed by atoms with van der Waals surface area (Å²) in [5.41, 5.74) is 7.25. The number of hydrogen-bond acceptors (Lipinski definition) is 4. The van der Waals surface area contributed by atoms with Gasteiger partial charge in [0.15, 0.2) is 5.65 Å². The Labute approximate surface area is 81.5 Å². The van der Waals surface area contributed by atoms with Gasteiger partial charge < -0.3 is 10.5 Å². The molecule has 2 N–H and O–H groups in total. The number of fused-ring (bicyclic) bond motifs is 1. The third-order valence-corrected chi connectivity index (χ3v) is 1.86. The zero-order chi connectivity index (χ0) is 9.97. The Balaban J connectivity index is 2.44. The number of hydrogen-bond donors (Lipinski definition) is 1. The summed E-state index contributed by atoms with van der Waals surface area (Å²) < 4.78 is 7.10. The van der Waals surface area contributed by atoms with E-state index in [0.717, 1.165) is 11.2 Å². The largest absolute Gasteiger partial charge is 0.476 e. The topological polar surface area (TPSA) is 65.4 Å². The molecular weight excluding hydrogens is 180 g/mol. The minimum atomic E-state index is 0.485. The van der Waals surface area contributed by atoms with Crippen LogP contribution >= 0.6 is 0 Å². The van der Waals surface area contributed by atoms with Crippen molar-refractivity contribution in [2.24, 2.45) is 5.73 Å². The van der Waals surface area contributed by atoms with E-state index in [1.54, 1.807) is 4.52 Å². The predicted octanol–water partition coefficient (Wildman–Crippen LogP) is 0.375. The molecule has 0 bridgehead atoms. The normalized spacial score (nSPS) is 10.7. The molecule has 5 heteroatoms. The molecule has 0 atom stereocenters. The van der Waals surface area contributed by atoms with Gasteiger partial charge in [0.2, 0.25) is 5.88 Å². The van der Waals surface area contributed by atoms with E-state index in [9.17, 15) is 0 Å². The highest BCUT2D eigenvalue weighted by Gasteiger charge is 2.03. The van der Waals surface area contributed by atoms with Gasteiger partial charge in [0, 0.05) is 12.6 Å². The summed E-state index contributed by atoms with van der Waals surface area (Å²) in [5, 5.41) is 4.05. The van der Waals surface area contributed by atoms with Crippen LogP contribution in [0.3, 0.4) is 0 Å². The van der Waals surface area contributed by atoms with Crippen LogP contribution in [0, 0.1) is 6.92 Å². The molecule has 2 aromatic rings. The van der Waals surface area contributed by atoms with Gasteiger partial charge >= 0.3 is 0 Å². The van der Waals surface area contributed by atoms with Crippen LogP contribution in [0.25, 0.3) is 5.65 Å². The van der Waals surface area contributed by atoms with Crippen LogP contribution in [0.2, 0.25) is 0 Å². The van der Waals surface area contributed by atoms with Crippen molar-refractivity contribution >= 4 is 5.65 Å². The highest BCUT2D eigenvalue weighted by Crippen LogP contribution is 2.14. The molecule has 0 unspecified atom stereocenters. The Kier molecular flexibility index (Phi) is 2.32. The van der Waals surface area contributed by atoms with Crippen LogP contribution in [-0.2, 0) is 0 Å². The van der Waals surface area contributed by atoms with Gasteiger partial charge in [-0.05, 0) is 18.6 Å². The van der Waals surface area contributed by atoms with Crippen molar-refractivity contribution in [3.63, 3.8) is 0 Å². The lowest BCUT2D eigenvalue weighted by molar-refractivity contribution is 0.307. The Hall–Kier alpha value is -1.62. The smallest absolute Gasteiger partial charge is 0.216 e. The molecule has 0 aromatic carbocycles. The summed E-state index contributed by atoms with van der Waals surface area (Å²) in [6.07, 6.45) is 1.50. The van der Waals surface area contributed by atoms with Crippen molar-refractivity contribution in [1.82, 2.24) is 14.6 Å². The molecule has 14 heavy (non-hydrogen) atoms. The Morgan fingerprint density at radius 3 is 3.14 bits per heavy atom. The molecule has 2 aromatic heterocycles. The second-order valence-corrected chi connectivity index (χ2v) is 3.04. The summed E-state index contributed by atoms with van der Waals surface area (Å²) in [7, 11) is 0. The Bertz CT molecular complexity index is 437. The number of aryl methyl sites for hydroxylation is 1. The van der Waals surface area contributed by atoms with Crippen LogP contribution < -0.4 is 10.5 Å². The van der Waals surface area contributed by atoms with Crippen molar-refractivity contribution in [2.45, 2.75) is 6.92 Å². The number of rotatable bonds is 3. The third kappa shape index (κ3) is 1.54. The van der Waals surface area contributed by atoms with Crippen LogP contribution in [0.5, 0.6) is 5.88 Å². The second-order valence-electron chi connectivity index (χ2n) is 3.04. The molecule has 0 fully saturated rings. The maximum Gasteiger partial charge on any atom is 0.216 e. The molecule has 2 rings (SSSR count). The molecule has 0 radical (unpaired) electrons.